The van der Waals surface area contributed by atoms with E-state index in [0.717, 1.165) is 47.5 Å². The molecule has 0 aliphatic rings. The molecule has 164 valence electrons. The maximum atomic E-state index is 5.79. The smallest absolute Gasteiger partial charge is 0.219 e. The molecule has 0 unspecified atom stereocenters. The summed E-state index contributed by atoms with van der Waals surface area (Å²) in [5.74, 6) is 2.73. The molecule has 3 aromatic rings. The Morgan fingerprint density at radius 3 is 2.65 bits per heavy atom. The molecule has 0 spiro atoms. The first-order chi connectivity index (χ1) is 15.1. The van der Waals surface area contributed by atoms with Crippen molar-refractivity contribution in [2.75, 3.05) is 20.2 Å². The van der Waals surface area contributed by atoms with Gasteiger partial charge < -0.3 is 20.1 Å². The van der Waals surface area contributed by atoms with Gasteiger partial charge in [-0.1, -0.05) is 12.1 Å². The van der Waals surface area contributed by atoms with Crippen molar-refractivity contribution in [1.82, 2.24) is 20.6 Å². The van der Waals surface area contributed by atoms with Gasteiger partial charge in [0.05, 0.1) is 24.4 Å². The fourth-order valence-electron chi connectivity index (χ4n) is 2.80. The first-order valence-corrected chi connectivity index (χ1v) is 11.1. The summed E-state index contributed by atoms with van der Waals surface area (Å²) in [5, 5.41) is 7.79. The molecular weight excluding hydrogens is 410 g/mol. The highest BCUT2D eigenvalue weighted by Gasteiger charge is 2.05. The lowest BCUT2D eigenvalue weighted by atomic mass is 10.3. The average molecular weight is 440 g/mol. The van der Waals surface area contributed by atoms with Crippen molar-refractivity contribution < 1.29 is 9.47 Å². The molecule has 31 heavy (non-hydrogen) atoms. The van der Waals surface area contributed by atoms with Gasteiger partial charge in [-0.05, 0) is 38.5 Å². The van der Waals surface area contributed by atoms with E-state index in [1.807, 2.05) is 36.4 Å². The highest BCUT2D eigenvalue weighted by atomic mass is 32.1. The minimum Gasteiger partial charge on any atom is -0.497 e. The van der Waals surface area contributed by atoms with Crippen molar-refractivity contribution in [3.63, 3.8) is 0 Å². The largest absolute Gasteiger partial charge is 0.497 e. The van der Waals surface area contributed by atoms with Gasteiger partial charge in [-0.3, -0.25) is 0 Å². The number of rotatable bonds is 9. The van der Waals surface area contributed by atoms with Crippen molar-refractivity contribution >= 4 is 17.3 Å². The molecule has 3 rings (SSSR count). The van der Waals surface area contributed by atoms with E-state index < -0.39 is 0 Å². The van der Waals surface area contributed by atoms with Crippen LogP contribution in [-0.2, 0) is 13.0 Å². The number of benzene rings is 1. The van der Waals surface area contributed by atoms with E-state index in [2.05, 4.69) is 46.4 Å². The number of aliphatic imine (C=N–C) groups is 1. The lowest BCUT2D eigenvalue weighted by molar-refractivity contribution is 0.407. The molecule has 8 heteroatoms. The molecule has 0 atom stereocenters. The Morgan fingerprint density at radius 1 is 1.13 bits per heavy atom. The second kappa shape index (κ2) is 11.3. The SMILES string of the molecule is CCNC(=NCc1ccc(Oc2cccc(OC)c2)nc1)NCCc1nc(C)c(C)s1. The van der Waals surface area contributed by atoms with Crippen LogP contribution in [0.3, 0.4) is 0 Å². The van der Waals surface area contributed by atoms with Crippen LogP contribution < -0.4 is 20.1 Å². The zero-order valence-corrected chi connectivity index (χ0v) is 19.3. The normalized spacial score (nSPS) is 11.3. The molecular formula is C23H29N5O2S. The zero-order chi connectivity index (χ0) is 22.1. The van der Waals surface area contributed by atoms with Crippen molar-refractivity contribution in [3.8, 4) is 17.4 Å². The second-order valence-electron chi connectivity index (χ2n) is 6.91. The van der Waals surface area contributed by atoms with Crippen LogP contribution in [0.15, 0.2) is 47.6 Å². The van der Waals surface area contributed by atoms with E-state index in [9.17, 15) is 0 Å². The van der Waals surface area contributed by atoms with E-state index in [1.54, 1.807) is 24.6 Å². The highest BCUT2D eigenvalue weighted by molar-refractivity contribution is 7.11. The van der Waals surface area contributed by atoms with Crippen LogP contribution in [0.25, 0.3) is 0 Å². The molecule has 7 nitrogen and oxygen atoms in total. The summed E-state index contributed by atoms with van der Waals surface area (Å²) >= 11 is 1.75. The van der Waals surface area contributed by atoms with Crippen LogP contribution in [0.1, 0.15) is 28.1 Å². The summed E-state index contributed by atoms with van der Waals surface area (Å²) in [4.78, 5) is 14.9. The van der Waals surface area contributed by atoms with Crippen LogP contribution in [-0.4, -0.2) is 36.1 Å². The van der Waals surface area contributed by atoms with Crippen molar-refractivity contribution in [1.29, 1.82) is 0 Å². The second-order valence-corrected chi connectivity index (χ2v) is 8.19. The first-order valence-electron chi connectivity index (χ1n) is 10.3. The number of hydrogen-bond donors (Lipinski definition) is 2. The lowest BCUT2D eigenvalue weighted by Crippen LogP contribution is -2.38. The molecule has 0 saturated carbocycles. The van der Waals surface area contributed by atoms with E-state index in [0.29, 0.717) is 18.2 Å². The monoisotopic (exact) mass is 439 g/mol. The van der Waals surface area contributed by atoms with Gasteiger partial charge in [0.25, 0.3) is 0 Å². The van der Waals surface area contributed by atoms with Gasteiger partial charge in [0.2, 0.25) is 5.88 Å². The predicted octanol–water partition coefficient (Wildman–Crippen LogP) is 4.25. The Kier molecular flexibility index (Phi) is 8.23. The summed E-state index contributed by atoms with van der Waals surface area (Å²) in [6.45, 7) is 8.32. The fraction of sp³-hybridized carbons (Fsp3) is 0.348. The molecule has 0 amide bonds. The Hall–Kier alpha value is -3.13. The van der Waals surface area contributed by atoms with Gasteiger partial charge in [-0.15, -0.1) is 11.3 Å². The van der Waals surface area contributed by atoms with E-state index >= 15 is 0 Å². The molecule has 1 aromatic carbocycles. The number of methoxy groups -OCH3 is 1. The number of nitrogens with one attached hydrogen (secondary N) is 2. The number of ether oxygens (including phenoxy) is 2. The number of guanidine groups is 1. The Bertz CT molecular complexity index is 982. The number of aryl methyl sites for hydroxylation is 2. The summed E-state index contributed by atoms with van der Waals surface area (Å²) in [6, 6.07) is 11.3. The van der Waals surface area contributed by atoms with Crippen molar-refractivity contribution in [2.45, 2.75) is 33.7 Å². The summed E-state index contributed by atoms with van der Waals surface area (Å²) in [7, 11) is 1.63. The lowest BCUT2D eigenvalue weighted by Gasteiger charge is -2.11. The van der Waals surface area contributed by atoms with Gasteiger partial charge in [0, 0.05) is 42.7 Å². The number of thiazole rings is 1. The minimum absolute atomic E-state index is 0.525. The zero-order valence-electron chi connectivity index (χ0n) is 18.4. The maximum absolute atomic E-state index is 5.79. The van der Waals surface area contributed by atoms with E-state index in [-0.39, 0.29) is 0 Å². The van der Waals surface area contributed by atoms with Gasteiger partial charge in [0.1, 0.15) is 11.5 Å². The molecule has 0 bridgehead atoms. The quantitative estimate of drug-likeness (QED) is 0.383. The van der Waals surface area contributed by atoms with Gasteiger partial charge in [-0.2, -0.15) is 0 Å². The summed E-state index contributed by atoms with van der Waals surface area (Å²) < 4.78 is 11.0. The molecule has 0 fully saturated rings. The third-order valence-corrected chi connectivity index (χ3v) is 5.66. The Balaban J connectivity index is 1.53. The number of nitrogens with zero attached hydrogens (tertiary/aromatic N) is 3. The number of aromatic nitrogens is 2. The molecule has 2 heterocycles. The molecule has 0 saturated heterocycles. The van der Waals surface area contributed by atoms with Crippen molar-refractivity contribution in [2.24, 2.45) is 4.99 Å². The molecule has 0 radical (unpaired) electrons. The molecule has 2 aromatic heterocycles. The van der Waals surface area contributed by atoms with Crippen LogP contribution in [0.2, 0.25) is 0 Å². The minimum atomic E-state index is 0.525. The molecule has 2 N–H and O–H groups in total. The standard InChI is InChI=1S/C23H29N5O2S/c1-5-24-23(25-12-11-22-28-16(2)17(3)31-22)27-15-18-9-10-21(26-14-18)30-20-8-6-7-19(13-20)29-4/h6-10,13-14H,5,11-12,15H2,1-4H3,(H2,24,25,27). The first kappa shape index (κ1) is 22.6. The average Bonchev–Trinajstić information content (AvgIpc) is 3.10. The molecule has 0 aliphatic heterocycles. The van der Waals surface area contributed by atoms with Crippen LogP contribution in [0.5, 0.6) is 17.4 Å². The van der Waals surface area contributed by atoms with Crippen LogP contribution >= 0.6 is 11.3 Å². The van der Waals surface area contributed by atoms with Gasteiger partial charge in [-0.25, -0.2) is 15.0 Å². The predicted molar refractivity (Wildman–Crippen MR) is 125 cm³/mol. The fourth-order valence-corrected chi connectivity index (χ4v) is 3.73. The van der Waals surface area contributed by atoms with Crippen LogP contribution in [0, 0.1) is 13.8 Å². The summed E-state index contributed by atoms with van der Waals surface area (Å²) in [6.07, 6.45) is 2.66. The Morgan fingerprint density at radius 2 is 1.97 bits per heavy atom. The number of hydrogen-bond acceptors (Lipinski definition) is 6. The van der Waals surface area contributed by atoms with Crippen LogP contribution in [0.4, 0.5) is 0 Å². The van der Waals surface area contributed by atoms with E-state index in [1.165, 1.54) is 4.88 Å². The maximum Gasteiger partial charge on any atom is 0.219 e. The summed E-state index contributed by atoms with van der Waals surface area (Å²) in [5.41, 5.74) is 2.12. The third kappa shape index (κ3) is 6.96. The topological polar surface area (TPSA) is 80.7 Å². The highest BCUT2D eigenvalue weighted by Crippen LogP contribution is 2.23. The van der Waals surface area contributed by atoms with Gasteiger partial charge >= 0.3 is 0 Å². The third-order valence-electron chi connectivity index (χ3n) is 4.53. The van der Waals surface area contributed by atoms with Gasteiger partial charge in [0.15, 0.2) is 5.96 Å². The molecule has 0 aliphatic carbocycles. The number of pyridine rings is 1. The Labute approximate surface area is 187 Å². The van der Waals surface area contributed by atoms with E-state index in [4.69, 9.17) is 9.47 Å². The van der Waals surface area contributed by atoms with Crippen molar-refractivity contribution in [3.05, 3.63) is 63.7 Å².